The molecule has 0 saturated heterocycles. The van der Waals surface area contributed by atoms with Crippen molar-refractivity contribution in [2.75, 3.05) is 6.61 Å². The summed E-state index contributed by atoms with van der Waals surface area (Å²) >= 11 is 6.13. The van der Waals surface area contributed by atoms with Gasteiger partial charge in [0, 0.05) is 25.5 Å². The lowest BCUT2D eigenvalue weighted by molar-refractivity contribution is -0.232. The fraction of sp³-hybridized carbons (Fsp3) is 0.455. The van der Waals surface area contributed by atoms with E-state index in [9.17, 15) is 26.4 Å². The van der Waals surface area contributed by atoms with E-state index in [1.807, 2.05) is 4.72 Å². The molecule has 0 radical (unpaired) electrons. The van der Waals surface area contributed by atoms with Crippen molar-refractivity contribution in [1.29, 1.82) is 0 Å². The second-order valence-corrected chi connectivity index (χ2v) is 11.2. The summed E-state index contributed by atoms with van der Waals surface area (Å²) in [5.41, 5.74) is -2.07. The van der Waals surface area contributed by atoms with Crippen molar-refractivity contribution >= 4 is 27.5 Å². The molecule has 3 aromatic heterocycles. The number of nitrogens with zero attached hydrogens (tertiary/aromatic N) is 5. The standard InChI is InChI=1S/C22H26ClF3N6O4S/c1-13(2)10-21(4,22(24,25)26)12-36-18-8-9-32(29-18)17-7-6-15(19(23)27-17)20(33)30-37(34,35)16-11-31(5)28-14(16)3/h6-9,11,13H,10,12H2,1-5H3,(H,30,33). The van der Waals surface area contributed by atoms with Crippen molar-refractivity contribution in [2.24, 2.45) is 18.4 Å². The average molecular weight is 563 g/mol. The van der Waals surface area contributed by atoms with E-state index in [4.69, 9.17) is 16.3 Å². The Morgan fingerprint density at radius 2 is 1.89 bits per heavy atom. The van der Waals surface area contributed by atoms with Crippen LogP contribution < -0.4 is 9.46 Å². The van der Waals surface area contributed by atoms with Gasteiger partial charge in [0.15, 0.2) is 5.82 Å². The minimum absolute atomic E-state index is 0.0584. The van der Waals surface area contributed by atoms with Gasteiger partial charge in [0.25, 0.3) is 15.9 Å². The number of pyridine rings is 1. The first kappa shape index (κ1) is 28.4. The summed E-state index contributed by atoms with van der Waals surface area (Å²) in [4.78, 5) is 16.5. The van der Waals surface area contributed by atoms with E-state index in [1.54, 1.807) is 20.9 Å². The summed E-state index contributed by atoms with van der Waals surface area (Å²) in [6.07, 6.45) is -1.93. The first-order valence-electron chi connectivity index (χ1n) is 11.0. The van der Waals surface area contributed by atoms with Gasteiger partial charge in [0.1, 0.15) is 16.7 Å². The molecule has 0 saturated carbocycles. The van der Waals surface area contributed by atoms with Crippen LogP contribution in [0.5, 0.6) is 5.88 Å². The van der Waals surface area contributed by atoms with Gasteiger partial charge in [0.05, 0.1) is 16.7 Å². The average Bonchev–Trinajstić information content (AvgIpc) is 3.36. The topological polar surface area (TPSA) is 121 Å². The highest BCUT2D eigenvalue weighted by atomic mass is 35.5. The van der Waals surface area contributed by atoms with Crippen molar-refractivity contribution in [3.05, 3.63) is 47.0 Å². The van der Waals surface area contributed by atoms with Crippen LogP contribution in [0.3, 0.4) is 0 Å². The number of carbonyl (C=O) groups is 1. The van der Waals surface area contributed by atoms with Crippen molar-refractivity contribution in [2.45, 2.75) is 45.2 Å². The third-order valence-corrected chi connectivity index (χ3v) is 7.17. The number of amides is 1. The Labute approximate surface area is 216 Å². The van der Waals surface area contributed by atoms with E-state index >= 15 is 0 Å². The third kappa shape index (κ3) is 6.42. The molecule has 3 aromatic rings. The molecule has 15 heteroatoms. The van der Waals surface area contributed by atoms with Gasteiger partial charge in [-0.2, -0.15) is 18.3 Å². The Hall–Kier alpha value is -3.13. The summed E-state index contributed by atoms with van der Waals surface area (Å²) < 4.78 is 75.7. The maximum Gasteiger partial charge on any atom is 0.397 e. The molecule has 1 atom stereocenters. The minimum Gasteiger partial charge on any atom is -0.476 e. The van der Waals surface area contributed by atoms with Gasteiger partial charge in [-0.25, -0.2) is 22.8 Å². The van der Waals surface area contributed by atoms with Crippen molar-refractivity contribution in [3.63, 3.8) is 0 Å². The molecule has 3 rings (SSSR count). The minimum atomic E-state index is -4.46. The molecule has 0 aliphatic carbocycles. The quantitative estimate of drug-likeness (QED) is 0.390. The Bertz CT molecular complexity index is 1400. The molecule has 0 aromatic carbocycles. The third-order valence-electron chi connectivity index (χ3n) is 5.44. The number of aryl methyl sites for hydroxylation is 2. The summed E-state index contributed by atoms with van der Waals surface area (Å²) in [5, 5.41) is 7.70. The Kier molecular flexibility index (Phi) is 7.94. The number of carbonyl (C=O) groups excluding carboxylic acids is 1. The lowest BCUT2D eigenvalue weighted by atomic mass is 9.82. The van der Waals surface area contributed by atoms with Crippen LogP contribution in [-0.4, -0.2) is 51.7 Å². The number of sulfonamides is 1. The van der Waals surface area contributed by atoms with E-state index in [0.29, 0.717) is 0 Å². The summed E-state index contributed by atoms with van der Waals surface area (Å²) in [5.74, 6) is -1.13. The van der Waals surface area contributed by atoms with Crippen LogP contribution in [0.25, 0.3) is 5.82 Å². The van der Waals surface area contributed by atoms with Crippen LogP contribution in [0.4, 0.5) is 13.2 Å². The normalized spacial score (nSPS) is 14.0. The van der Waals surface area contributed by atoms with Gasteiger partial charge in [-0.1, -0.05) is 25.4 Å². The molecule has 0 spiro atoms. The van der Waals surface area contributed by atoms with Gasteiger partial charge >= 0.3 is 6.18 Å². The highest BCUT2D eigenvalue weighted by Crippen LogP contribution is 2.43. The number of rotatable bonds is 9. The van der Waals surface area contributed by atoms with Gasteiger partial charge in [-0.15, -0.1) is 5.10 Å². The molecule has 1 amide bonds. The van der Waals surface area contributed by atoms with Crippen LogP contribution in [0.15, 0.2) is 35.5 Å². The van der Waals surface area contributed by atoms with E-state index in [-0.39, 0.29) is 45.3 Å². The van der Waals surface area contributed by atoms with Crippen molar-refractivity contribution < 1.29 is 31.1 Å². The van der Waals surface area contributed by atoms with E-state index in [1.165, 1.54) is 46.9 Å². The molecule has 10 nitrogen and oxygen atoms in total. The molecule has 0 aliphatic rings. The van der Waals surface area contributed by atoms with Crippen molar-refractivity contribution in [3.8, 4) is 11.7 Å². The first-order valence-corrected chi connectivity index (χ1v) is 12.9. The molecule has 1 unspecified atom stereocenters. The monoisotopic (exact) mass is 562 g/mol. The van der Waals surface area contributed by atoms with E-state index < -0.39 is 34.1 Å². The van der Waals surface area contributed by atoms with Crippen LogP contribution >= 0.6 is 11.6 Å². The molecule has 0 fully saturated rings. The van der Waals surface area contributed by atoms with Crippen LogP contribution in [0, 0.1) is 18.3 Å². The van der Waals surface area contributed by atoms with Crippen LogP contribution in [-0.2, 0) is 17.1 Å². The lowest BCUT2D eigenvalue weighted by Crippen LogP contribution is -2.41. The zero-order valence-electron chi connectivity index (χ0n) is 20.7. The second kappa shape index (κ2) is 10.3. The van der Waals surface area contributed by atoms with Gasteiger partial charge in [0.2, 0.25) is 5.88 Å². The van der Waals surface area contributed by atoms with Gasteiger partial charge < -0.3 is 4.74 Å². The van der Waals surface area contributed by atoms with E-state index in [2.05, 4.69) is 15.2 Å². The summed E-state index contributed by atoms with van der Waals surface area (Å²) in [6.45, 7) is 5.37. The number of hydrogen-bond acceptors (Lipinski definition) is 7. The molecule has 3 heterocycles. The van der Waals surface area contributed by atoms with Gasteiger partial charge in [-0.3, -0.25) is 9.48 Å². The van der Waals surface area contributed by atoms with E-state index in [0.717, 1.165) is 6.92 Å². The Morgan fingerprint density at radius 1 is 1.22 bits per heavy atom. The van der Waals surface area contributed by atoms with Gasteiger partial charge in [-0.05, 0) is 38.3 Å². The fourth-order valence-corrected chi connectivity index (χ4v) is 5.12. The number of aromatic nitrogens is 5. The highest BCUT2D eigenvalue weighted by Gasteiger charge is 2.51. The molecule has 202 valence electrons. The summed E-state index contributed by atoms with van der Waals surface area (Å²) in [7, 11) is -2.67. The second-order valence-electron chi connectivity index (χ2n) is 9.24. The predicted molar refractivity (Wildman–Crippen MR) is 128 cm³/mol. The molecule has 0 aliphatic heterocycles. The van der Waals surface area contributed by atoms with Crippen molar-refractivity contribution in [1.82, 2.24) is 29.3 Å². The molecular formula is C22H26ClF3N6O4S. The predicted octanol–water partition coefficient (Wildman–Crippen LogP) is 4.07. The Morgan fingerprint density at radius 3 is 2.43 bits per heavy atom. The molecule has 37 heavy (non-hydrogen) atoms. The number of hydrogen-bond donors (Lipinski definition) is 1. The summed E-state index contributed by atoms with van der Waals surface area (Å²) in [6, 6.07) is 3.96. The largest absolute Gasteiger partial charge is 0.476 e. The smallest absolute Gasteiger partial charge is 0.397 e. The number of ether oxygens (including phenoxy) is 1. The molecular weight excluding hydrogens is 537 g/mol. The zero-order valence-corrected chi connectivity index (χ0v) is 22.2. The maximum atomic E-state index is 13.6. The Balaban J connectivity index is 1.74. The molecule has 0 bridgehead atoms. The number of halogens is 4. The first-order chi connectivity index (χ1) is 17.0. The fourth-order valence-electron chi connectivity index (χ4n) is 3.70. The van der Waals surface area contributed by atoms with Crippen LogP contribution in [0.2, 0.25) is 5.15 Å². The number of alkyl halides is 3. The number of nitrogens with one attached hydrogen (secondary N) is 1. The zero-order chi connectivity index (χ0) is 27.8. The molecule has 1 N–H and O–H groups in total. The van der Waals surface area contributed by atoms with Crippen LogP contribution in [0.1, 0.15) is 43.2 Å². The maximum absolute atomic E-state index is 13.6. The SMILES string of the molecule is Cc1nn(C)cc1S(=O)(=O)NC(=O)c1ccc(-n2ccc(OCC(C)(CC(C)C)C(F)(F)F)n2)nc1Cl. The lowest BCUT2D eigenvalue weighted by Gasteiger charge is -2.32. The highest BCUT2D eigenvalue weighted by molar-refractivity contribution is 7.90.